The highest BCUT2D eigenvalue weighted by atomic mass is 32.1. The van der Waals surface area contributed by atoms with E-state index in [-0.39, 0.29) is 35.3 Å². The first-order chi connectivity index (χ1) is 17.9. The molecular weight excluding hydrogens is 488 g/mol. The molecule has 1 saturated carbocycles. The number of phenolic OH excluding ortho intramolecular Hbond substituents is 2. The minimum atomic E-state index is -0.881. The highest BCUT2D eigenvalue weighted by Gasteiger charge is 2.61. The van der Waals surface area contributed by atoms with Crippen LogP contribution in [-0.4, -0.2) is 35.3 Å². The van der Waals surface area contributed by atoms with E-state index in [1.807, 2.05) is 30.3 Å². The molecule has 0 amide bonds. The van der Waals surface area contributed by atoms with E-state index >= 15 is 0 Å². The summed E-state index contributed by atoms with van der Waals surface area (Å²) in [5.74, 6) is 1.35. The summed E-state index contributed by atoms with van der Waals surface area (Å²) >= 11 is 5.75. The van der Waals surface area contributed by atoms with E-state index in [9.17, 15) is 10.2 Å². The zero-order valence-electron chi connectivity index (χ0n) is 20.7. The third kappa shape index (κ3) is 3.73. The first kappa shape index (κ1) is 23.7. The molecule has 0 unspecified atom stereocenters. The van der Waals surface area contributed by atoms with Gasteiger partial charge in [-0.2, -0.15) is 0 Å². The highest BCUT2D eigenvalue weighted by Crippen LogP contribution is 2.60. The predicted octanol–water partition coefficient (Wildman–Crippen LogP) is 4.97. The zero-order chi connectivity index (χ0) is 25.7. The van der Waals surface area contributed by atoms with Crippen molar-refractivity contribution in [1.82, 2.24) is 10.6 Å². The van der Waals surface area contributed by atoms with Gasteiger partial charge in [-0.15, -0.1) is 0 Å². The van der Waals surface area contributed by atoms with Crippen molar-refractivity contribution in [3.63, 3.8) is 0 Å². The van der Waals surface area contributed by atoms with Crippen LogP contribution in [0.3, 0.4) is 0 Å². The second-order valence-corrected chi connectivity index (χ2v) is 10.4. The third-order valence-electron chi connectivity index (χ3n) is 8.23. The lowest BCUT2D eigenvalue weighted by Crippen LogP contribution is -2.73. The van der Waals surface area contributed by atoms with E-state index < -0.39 is 5.72 Å². The second-order valence-electron chi connectivity index (χ2n) is 9.99. The van der Waals surface area contributed by atoms with Crippen molar-refractivity contribution in [2.45, 2.75) is 36.9 Å². The Morgan fingerprint density at radius 3 is 2.14 bits per heavy atom. The Kier molecular flexibility index (Phi) is 5.79. The second kappa shape index (κ2) is 9.03. The predicted molar refractivity (Wildman–Crippen MR) is 143 cm³/mol. The summed E-state index contributed by atoms with van der Waals surface area (Å²) in [6.45, 7) is 0. The fourth-order valence-corrected chi connectivity index (χ4v) is 6.86. The van der Waals surface area contributed by atoms with Gasteiger partial charge in [0.25, 0.3) is 0 Å². The molecule has 7 nitrogen and oxygen atoms in total. The maximum Gasteiger partial charge on any atom is 0.200 e. The minimum absolute atomic E-state index is 0.00184. The number of rotatable bonds is 4. The van der Waals surface area contributed by atoms with Crippen LogP contribution in [0.25, 0.3) is 0 Å². The summed E-state index contributed by atoms with van der Waals surface area (Å²) in [6, 6.07) is 19.4. The number of nitrogens with one attached hydrogen (secondary N) is 2. The van der Waals surface area contributed by atoms with Gasteiger partial charge < -0.3 is 35.1 Å². The Balaban J connectivity index is 1.52. The molecule has 1 aliphatic carbocycles. The number of benzene rings is 3. The van der Waals surface area contributed by atoms with Crippen molar-refractivity contribution in [2.75, 3.05) is 14.2 Å². The Hall–Kier alpha value is -3.65. The monoisotopic (exact) mass is 518 g/mol. The van der Waals surface area contributed by atoms with Crippen LogP contribution in [0.4, 0.5) is 0 Å². The molecule has 3 aromatic rings. The number of methoxy groups -OCH3 is 2. The Bertz CT molecular complexity index is 1330. The van der Waals surface area contributed by atoms with Gasteiger partial charge in [0.15, 0.2) is 22.3 Å². The maximum absolute atomic E-state index is 11.0. The summed E-state index contributed by atoms with van der Waals surface area (Å²) in [4.78, 5) is 0. The molecule has 0 aromatic heterocycles. The number of ether oxygens (including phenoxy) is 3. The lowest BCUT2D eigenvalue weighted by atomic mass is 9.60. The molecule has 1 saturated heterocycles. The van der Waals surface area contributed by atoms with E-state index in [0.29, 0.717) is 10.9 Å². The molecule has 0 bridgehead atoms. The van der Waals surface area contributed by atoms with Crippen LogP contribution >= 0.6 is 12.2 Å². The lowest BCUT2D eigenvalue weighted by Gasteiger charge is -2.59. The molecule has 1 spiro atoms. The largest absolute Gasteiger partial charge is 0.504 e. The van der Waals surface area contributed by atoms with Crippen LogP contribution < -0.4 is 24.8 Å². The smallest absolute Gasteiger partial charge is 0.200 e. The number of hydrogen-bond donors (Lipinski definition) is 4. The number of thiocarbonyl (C=S) groups is 1. The van der Waals surface area contributed by atoms with Gasteiger partial charge in [0, 0.05) is 23.3 Å². The summed E-state index contributed by atoms with van der Waals surface area (Å²) in [5, 5.41) is 28.9. The van der Waals surface area contributed by atoms with Crippen molar-refractivity contribution in [3.8, 4) is 28.7 Å². The van der Waals surface area contributed by atoms with Gasteiger partial charge in [-0.3, -0.25) is 0 Å². The molecule has 2 heterocycles. The third-order valence-corrected chi connectivity index (χ3v) is 8.45. The number of aromatic hydroxyl groups is 2. The molecule has 8 heteroatoms. The summed E-state index contributed by atoms with van der Waals surface area (Å²) in [7, 11) is 3.31. The molecule has 3 aromatic carbocycles. The summed E-state index contributed by atoms with van der Waals surface area (Å²) < 4.78 is 17.6. The highest BCUT2D eigenvalue weighted by molar-refractivity contribution is 7.80. The average Bonchev–Trinajstić information content (AvgIpc) is 2.93. The van der Waals surface area contributed by atoms with E-state index in [1.165, 1.54) is 6.07 Å². The van der Waals surface area contributed by atoms with Crippen LogP contribution in [0.15, 0.2) is 60.7 Å². The molecule has 192 valence electrons. The number of hydrogen-bond acceptors (Lipinski definition) is 6. The van der Waals surface area contributed by atoms with Gasteiger partial charge >= 0.3 is 0 Å². The zero-order valence-corrected chi connectivity index (χ0v) is 21.5. The SMILES string of the molecule is COc1ccc([C@@H]2c3ccc(O)c(O)c3O[C@@]34NC(=S)N[C@@H](c5ccc(OC)cc5)[C@H]3CCC[C@H]24)cc1. The Labute approximate surface area is 221 Å². The molecule has 2 aliphatic heterocycles. The quantitative estimate of drug-likeness (QED) is 0.284. The molecule has 37 heavy (non-hydrogen) atoms. The lowest BCUT2D eigenvalue weighted by molar-refractivity contribution is -0.122. The van der Waals surface area contributed by atoms with Crippen molar-refractivity contribution < 1.29 is 24.4 Å². The van der Waals surface area contributed by atoms with Crippen LogP contribution in [0, 0.1) is 11.8 Å². The van der Waals surface area contributed by atoms with E-state index in [0.717, 1.165) is 47.5 Å². The van der Waals surface area contributed by atoms with E-state index in [1.54, 1.807) is 14.2 Å². The van der Waals surface area contributed by atoms with Gasteiger partial charge in [-0.1, -0.05) is 36.8 Å². The van der Waals surface area contributed by atoms with Crippen molar-refractivity contribution in [3.05, 3.63) is 77.4 Å². The minimum Gasteiger partial charge on any atom is -0.504 e. The Morgan fingerprint density at radius 1 is 0.865 bits per heavy atom. The van der Waals surface area contributed by atoms with Gasteiger partial charge in [0.2, 0.25) is 5.75 Å². The molecule has 6 rings (SSSR count). The van der Waals surface area contributed by atoms with Crippen molar-refractivity contribution >= 4 is 17.3 Å². The molecule has 3 aliphatic rings. The molecule has 4 N–H and O–H groups in total. The van der Waals surface area contributed by atoms with Crippen LogP contribution in [-0.2, 0) is 0 Å². The van der Waals surface area contributed by atoms with E-state index in [2.05, 4.69) is 34.9 Å². The van der Waals surface area contributed by atoms with Crippen LogP contribution in [0.2, 0.25) is 0 Å². The molecule has 0 radical (unpaired) electrons. The molecule has 2 fully saturated rings. The topological polar surface area (TPSA) is 92.2 Å². The average molecular weight is 519 g/mol. The van der Waals surface area contributed by atoms with Crippen LogP contribution in [0.1, 0.15) is 47.9 Å². The molecular formula is C29H30N2O5S. The summed E-state index contributed by atoms with van der Waals surface area (Å²) in [6.07, 6.45) is 2.84. The standard InChI is InChI=1S/C29H30N2O5S/c1-34-18-10-6-16(7-11-18)24-20-14-15-23(32)26(33)27(20)36-29-21(24)4-3-5-22(29)25(30-28(37)31-29)17-8-12-19(35-2)13-9-17/h6-15,21-22,24-25,32-33H,3-5H2,1-2H3,(H2,30,31,37)/t21-,22-,24-,25+,29-/m1/s1. The van der Waals surface area contributed by atoms with Gasteiger partial charge in [-0.05, 0) is 66.5 Å². The van der Waals surface area contributed by atoms with Gasteiger partial charge in [0.1, 0.15) is 11.5 Å². The van der Waals surface area contributed by atoms with Crippen molar-refractivity contribution in [2.24, 2.45) is 11.8 Å². The van der Waals surface area contributed by atoms with Crippen LogP contribution in [0.5, 0.6) is 28.7 Å². The first-order valence-corrected chi connectivity index (χ1v) is 13.0. The molecule has 5 atom stereocenters. The number of phenols is 2. The van der Waals surface area contributed by atoms with E-state index in [4.69, 9.17) is 26.4 Å². The van der Waals surface area contributed by atoms with Crippen molar-refractivity contribution in [1.29, 1.82) is 0 Å². The number of fused-ring (bicyclic) bond motifs is 1. The van der Waals surface area contributed by atoms with Gasteiger partial charge in [-0.25, -0.2) is 0 Å². The van der Waals surface area contributed by atoms with Gasteiger partial charge in [0.05, 0.1) is 20.3 Å². The first-order valence-electron chi connectivity index (χ1n) is 12.6. The summed E-state index contributed by atoms with van der Waals surface area (Å²) in [5.41, 5.74) is 2.15. The fourth-order valence-electron chi connectivity index (χ4n) is 6.57. The fraction of sp³-hybridized carbons (Fsp3) is 0.345. The normalized spacial score (nSPS) is 27.9. The maximum atomic E-state index is 11.0. The Morgan fingerprint density at radius 2 is 1.49 bits per heavy atom.